The fourth-order valence-electron chi connectivity index (χ4n) is 2.59. The van der Waals surface area contributed by atoms with Crippen molar-refractivity contribution >= 4 is 21.6 Å². The van der Waals surface area contributed by atoms with Crippen molar-refractivity contribution in [1.82, 2.24) is 4.72 Å². The third-order valence-corrected chi connectivity index (χ3v) is 5.62. The van der Waals surface area contributed by atoms with E-state index in [1.807, 2.05) is 0 Å². The van der Waals surface area contributed by atoms with Crippen LogP contribution in [0.5, 0.6) is 0 Å². The standard InChI is InChI=1S/C19H23FN2O4S/c1-4-19(23)22-16-8-9-18(13(2)10-16)27(24,25)21-12-17(26-3)14-6-5-7-15(20)11-14/h5-11,17,21H,4,12H2,1-3H3,(H,22,23)/t17-/m0/s1. The first kappa shape index (κ1) is 21.0. The summed E-state index contributed by atoms with van der Waals surface area (Å²) >= 11 is 0. The summed E-state index contributed by atoms with van der Waals surface area (Å²) in [5.74, 6) is -0.570. The second-order valence-electron chi connectivity index (χ2n) is 6.01. The molecule has 27 heavy (non-hydrogen) atoms. The van der Waals surface area contributed by atoms with Gasteiger partial charge in [0.15, 0.2) is 0 Å². The Bertz CT molecular complexity index is 916. The number of carbonyl (C=O) groups excluding carboxylic acids is 1. The average Bonchev–Trinajstić information content (AvgIpc) is 2.62. The fraction of sp³-hybridized carbons (Fsp3) is 0.316. The van der Waals surface area contributed by atoms with Crippen LogP contribution in [0.2, 0.25) is 0 Å². The van der Waals surface area contributed by atoms with Crippen molar-refractivity contribution in [3.63, 3.8) is 0 Å². The van der Waals surface area contributed by atoms with Crippen molar-refractivity contribution in [1.29, 1.82) is 0 Å². The molecule has 0 aliphatic heterocycles. The highest BCUT2D eigenvalue weighted by molar-refractivity contribution is 7.89. The number of methoxy groups -OCH3 is 1. The number of carbonyl (C=O) groups is 1. The SMILES string of the molecule is CCC(=O)Nc1ccc(S(=O)(=O)NC[C@H](OC)c2cccc(F)c2)c(C)c1. The molecule has 8 heteroatoms. The molecule has 0 aromatic heterocycles. The van der Waals surface area contributed by atoms with E-state index in [1.165, 1.54) is 31.4 Å². The predicted molar refractivity (Wildman–Crippen MR) is 101 cm³/mol. The van der Waals surface area contributed by atoms with Crippen LogP contribution >= 0.6 is 0 Å². The summed E-state index contributed by atoms with van der Waals surface area (Å²) in [7, 11) is -2.37. The molecule has 1 atom stereocenters. The molecule has 2 N–H and O–H groups in total. The molecule has 0 spiro atoms. The summed E-state index contributed by atoms with van der Waals surface area (Å²) in [5.41, 5.74) is 1.57. The summed E-state index contributed by atoms with van der Waals surface area (Å²) in [6, 6.07) is 10.4. The molecule has 0 radical (unpaired) electrons. The van der Waals surface area contributed by atoms with Gasteiger partial charge in [0.2, 0.25) is 15.9 Å². The smallest absolute Gasteiger partial charge is 0.240 e. The Kier molecular flexibility index (Phi) is 7.06. The number of halogens is 1. The quantitative estimate of drug-likeness (QED) is 0.720. The van der Waals surface area contributed by atoms with Crippen LogP contribution < -0.4 is 10.0 Å². The van der Waals surface area contributed by atoms with E-state index in [1.54, 1.807) is 32.0 Å². The molecule has 146 valence electrons. The number of sulfonamides is 1. The number of benzene rings is 2. The van der Waals surface area contributed by atoms with Crippen LogP contribution in [-0.2, 0) is 19.6 Å². The van der Waals surface area contributed by atoms with Crippen LogP contribution in [0, 0.1) is 12.7 Å². The molecule has 0 heterocycles. The minimum atomic E-state index is -3.80. The van der Waals surface area contributed by atoms with Gasteiger partial charge in [-0.2, -0.15) is 0 Å². The van der Waals surface area contributed by atoms with E-state index in [0.717, 1.165) is 0 Å². The molecule has 0 aliphatic rings. The summed E-state index contributed by atoms with van der Waals surface area (Å²) in [6.07, 6.45) is -0.294. The third-order valence-electron chi connectivity index (χ3n) is 4.03. The number of aryl methyl sites for hydroxylation is 1. The average molecular weight is 394 g/mol. The summed E-state index contributed by atoms with van der Waals surface area (Å²) < 4.78 is 46.4. The Morgan fingerprint density at radius 2 is 1.96 bits per heavy atom. The van der Waals surface area contributed by atoms with E-state index < -0.39 is 21.9 Å². The first-order valence-electron chi connectivity index (χ1n) is 8.45. The van der Waals surface area contributed by atoms with Crippen molar-refractivity contribution in [2.24, 2.45) is 0 Å². The van der Waals surface area contributed by atoms with E-state index >= 15 is 0 Å². The van der Waals surface area contributed by atoms with Gasteiger partial charge in [-0.25, -0.2) is 17.5 Å². The lowest BCUT2D eigenvalue weighted by atomic mass is 10.1. The minimum Gasteiger partial charge on any atom is -0.375 e. The first-order chi connectivity index (χ1) is 12.8. The Labute approximate surface area is 158 Å². The number of hydrogen-bond donors (Lipinski definition) is 2. The van der Waals surface area contributed by atoms with E-state index in [-0.39, 0.29) is 17.3 Å². The molecule has 0 unspecified atom stereocenters. The number of nitrogens with one attached hydrogen (secondary N) is 2. The summed E-state index contributed by atoms with van der Waals surface area (Å²) in [4.78, 5) is 11.6. The van der Waals surface area contributed by atoms with E-state index in [2.05, 4.69) is 10.0 Å². The second-order valence-corrected chi connectivity index (χ2v) is 7.75. The van der Waals surface area contributed by atoms with Crippen molar-refractivity contribution in [3.05, 3.63) is 59.4 Å². The Hall–Kier alpha value is -2.29. The zero-order valence-electron chi connectivity index (χ0n) is 15.5. The molecular formula is C19H23FN2O4S. The third kappa shape index (κ3) is 5.59. The topological polar surface area (TPSA) is 84.5 Å². The van der Waals surface area contributed by atoms with Crippen LogP contribution in [0.25, 0.3) is 0 Å². The second kappa shape index (κ2) is 9.07. The number of amides is 1. The maximum absolute atomic E-state index is 13.4. The minimum absolute atomic E-state index is 0.0456. The van der Waals surface area contributed by atoms with Gasteiger partial charge < -0.3 is 10.1 Å². The maximum atomic E-state index is 13.4. The molecule has 0 saturated carbocycles. The summed E-state index contributed by atoms with van der Waals surface area (Å²) in [6.45, 7) is 3.34. The highest BCUT2D eigenvalue weighted by atomic mass is 32.2. The van der Waals surface area contributed by atoms with Crippen molar-refractivity contribution in [2.75, 3.05) is 19.0 Å². The lowest BCUT2D eigenvalue weighted by Gasteiger charge is -2.17. The van der Waals surface area contributed by atoms with E-state index in [0.29, 0.717) is 23.2 Å². The number of hydrogen-bond acceptors (Lipinski definition) is 4. The van der Waals surface area contributed by atoms with Crippen LogP contribution in [0.4, 0.5) is 10.1 Å². The van der Waals surface area contributed by atoms with Gasteiger partial charge in [-0.15, -0.1) is 0 Å². The van der Waals surface area contributed by atoms with Gasteiger partial charge in [0.1, 0.15) is 5.82 Å². The van der Waals surface area contributed by atoms with Crippen LogP contribution in [0.3, 0.4) is 0 Å². The molecule has 2 rings (SSSR count). The van der Waals surface area contributed by atoms with Gasteiger partial charge in [0, 0.05) is 25.8 Å². The monoisotopic (exact) mass is 394 g/mol. The largest absolute Gasteiger partial charge is 0.375 e. The zero-order valence-corrected chi connectivity index (χ0v) is 16.3. The Morgan fingerprint density at radius 3 is 2.56 bits per heavy atom. The van der Waals surface area contributed by atoms with Crippen LogP contribution in [0.1, 0.15) is 30.6 Å². The molecule has 6 nitrogen and oxygen atoms in total. The van der Waals surface area contributed by atoms with Crippen molar-refractivity contribution in [3.8, 4) is 0 Å². The molecule has 0 bridgehead atoms. The molecule has 0 fully saturated rings. The fourth-order valence-corrected chi connectivity index (χ4v) is 3.84. The van der Waals surface area contributed by atoms with Crippen molar-refractivity contribution in [2.45, 2.75) is 31.3 Å². The lowest BCUT2D eigenvalue weighted by Crippen LogP contribution is -2.29. The van der Waals surface area contributed by atoms with Gasteiger partial charge in [0.05, 0.1) is 11.0 Å². The van der Waals surface area contributed by atoms with Gasteiger partial charge >= 0.3 is 0 Å². The predicted octanol–water partition coefficient (Wildman–Crippen LogP) is 3.15. The number of anilines is 1. The maximum Gasteiger partial charge on any atom is 0.240 e. The van der Waals surface area contributed by atoms with Gasteiger partial charge in [-0.3, -0.25) is 4.79 Å². The lowest BCUT2D eigenvalue weighted by molar-refractivity contribution is -0.115. The molecule has 2 aromatic rings. The number of rotatable bonds is 8. The molecule has 0 aliphatic carbocycles. The highest BCUT2D eigenvalue weighted by Gasteiger charge is 2.20. The van der Waals surface area contributed by atoms with Crippen LogP contribution in [-0.4, -0.2) is 28.0 Å². The Balaban J connectivity index is 2.14. The molecule has 0 saturated heterocycles. The highest BCUT2D eigenvalue weighted by Crippen LogP contribution is 2.21. The normalized spacial score (nSPS) is 12.6. The molecule has 1 amide bonds. The molecular weight excluding hydrogens is 371 g/mol. The van der Waals surface area contributed by atoms with Gasteiger partial charge in [-0.05, 0) is 48.4 Å². The van der Waals surface area contributed by atoms with E-state index in [4.69, 9.17) is 4.74 Å². The van der Waals surface area contributed by atoms with Gasteiger partial charge in [-0.1, -0.05) is 19.1 Å². The van der Waals surface area contributed by atoms with Gasteiger partial charge in [0.25, 0.3) is 0 Å². The van der Waals surface area contributed by atoms with Crippen LogP contribution in [0.15, 0.2) is 47.4 Å². The summed E-state index contributed by atoms with van der Waals surface area (Å²) in [5, 5.41) is 2.69. The molecule has 2 aromatic carbocycles. The van der Waals surface area contributed by atoms with E-state index in [9.17, 15) is 17.6 Å². The Morgan fingerprint density at radius 1 is 1.22 bits per heavy atom. The number of ether oxygens (including phenoxy) is 1. The van der Waals surface area contributed by atoms with Crippen molar-refractivity contribution < 1.29 is 22.3 Å². The first-order valence-corrected chi connectivity index (χ1v) is 9.93. The zero-order chi connectivity index (χ0) is 20.0.